The van der Waals surface area contributed by atoms with Crippen molar-refractivity contribution >= 4 is 35.0 Å². The van der Waals surface area contributed by atoms with Crippen molar-refractivity contribution in [2.75, 3.05) is 25.5 Å². The Labute approximate surface area is 211 Å². The number of fused-ring (bicyclic) bond motifs is 1. The number of anilines is 1. The molecule has 0 radical (unpaired) electrons. The molecule has 2 aliphatic rings. The number of amides is 1. The monoisotopic (exact) mass is 499 g/mol. The highest BCUT2D eigenvalue weighted by Crippen LogP contribution is 2.32. The Bertz CT molecular complexity index is 1220. The lowest BCUT2D eigenvalue weighted by atomic mass is 9.89. The minimum Gasteiger partial charge on any atom is -0.464 e. The van der Waals surface area contributed by atoms with E-state index in [-0.39, 0.29) is 41.9 Å². The summed E-state index contributed by atoms with van der Waals surface area (Å²) in [6.45, 7) is 3.37. The Hall–Kier alpha value is -2.84. The molecule has 0 aromatic carbocycles. The van der Waals surface area contributed by atoms with Gasteiger partial charge in [-0.3, -0.25) is 9.59 Å². The number of carbonyl (C=O) groups is 1. The van der Waals surface area contributed by atoms with Gasteiger partial charge in [-0.25, -0.2) is 4.98 Å². The average molecular weight is 500 g/mol. The van der Waals surface area contributed by atoms with E-state index in [1.165, 1.54) is 19.3 Å². The summed E-state index contributed by atoms with van der Waals surface area (Å²) >= 11 is 0. The van der Waals surface area contributed by atoms with Gasteiger partial charge in [0.1, 0.15) is 5.76 Å². The van der Waals surface area contributed by atoms with Gasteiger partial charge in [-0.15, -0.1) is 12.4 Å². The van der Waals surface area contributed by atoms with Crippen LogP contribution in [-0.2, 0) is 4.79 Å². The molecule has 188 valence electrons. The van der Waals surface area contributed by atoms with Crippen LogP contribution in [0.5, 0.6) is 0 Å². The Balaban J connectivity index is 0.00000289. The summed E-state index contributed by atoms with van der Waals surface area (Å²) in [5, 5.41) is 7.70. The van der Waals surface area contributed by atoms with Gasteiger partial charge >= 0.3 is 0 Å². The molecule has 1 aliphatic heterocycles. The van der Waals surface area contributed by atoms with Crippen LogP contribution in [0.3, 0.4) is 0 Å². The molecular formula is C26H34ClN5O3. The molecule has 4 heterocycles. The van der Waals surface area contributed by atoms with Crippen LogP contribution < -0.4 is 16.2 Å². The predicted molar refractivity (Wildman–Crippen MR) is 140 cm³/mol. The first kappa shape index (κ1) is 25.3. The van der Waals surface area contributed by atoms with Crippen LogP contribution in [0.25, 0.3) is 22.2 Å². The van der Waals surface area contributed by atoms with E-state index in [0.29, 0.717) is 29.2 Å². The topological polar surface area (TPSA) is 103 Å². The number of carbonyl (C=O) groups excluding carboxylic acids is 1. The molecule has 3 N–H and O–H groups in total. The van der Waals surface area contributed by atoms with Gasteiger partial charge in [0.05, 0.1) is 17.7 Å². The molecular weight excluding hydrogens is 466 g/mol. The second-order valence-electron chi connectivity index (χ2n) is 9.82. The number of aromatic nitrogens is 2. The van der Waals surface area contributed by atoms with Crippen LogP contribution >= 0.6 is 12.4 Å². The minimum atomic E-state index is -0.195. The zero-order valence-electron chi connectivity index (χ0n) is 20.3. The van der Waals surface area contributed by atoms with Crippen LogP contribution in [0.1, 0.15) is 44.1 Å². The van der Waals surface area contributed by atoms with Crippen molar-refractivity contribution < 1.29 is 9.21 Å². The number of halogens is 1. The fourth-order valence-corrected chi connectivity index (χ4v) is 5.32. The number of nitrogens with zero attached hydrogens (tertiary/aromatic N) is 2. The van der Waals surface area contributed by atoms with Crippen molar-refractivity contribution in [3.63, 3.8) is 0 Å². The van der Waals surface area contributed by atoms with Gasteiger partial charge in [0, 0.05) is 41.3 Å². The quantitative estimate of drug-likeness (QED) is 0.488. The second-order valence-corrected chi connectivity index (χ2v) is 9.82. The van der Waals surface area contributed by atoms with Gasteiger partial charge in [-0.05, 0) is 58.0 Å². The number of hydrogen-bond donors (Lipinski definition) is 3. The van der Waals surface area contributed by atoms with E-state index in [4.69, 9.17) is 4.42 Å². The SMILES string of the molecule is Cc1cc2c(-c3ccco3)cnc(N[C@@H]3CCN(C)C[C@H]3C(=O)NC3CCCCC3)c2[nH]c1=O.Cl. The van der Waals surface area contributed by atoms with Crippen LogP contribution in [0.2, 0.25) is 0 Å². The van der Waals surface area contributed by atoms with Crippen molar-refractivity contribution in [3.8, 4) is 11.3 Å². The molecule has 8 nitrogen and oxygen atoms in total. The number of aryl methyl sites for hydroxylation is 1. The molecule has 9 heteroatoms. The summed E-state index contributed by atoms with van der Waals surface area (Å²) in [5.41, 5.74) is 1.93. The van der Waals surface area contributed by atoms with E-state index in [2.05, 4.69) is 32.5 Å². The van der Waals surface area contributed by atoms with E-state index < -0.39 is 0 Å². The standard InChI is InChI=1S/C26H33N5O3.ClH/c1-16-13-18-19(22-9-6-12-34-22)14-27-24(23(18)30-25(16)32)29-21-10-11-31(2)15-20(21)26(33)28-17-7-4-3-5-8-17;/h6,9,12-14,17,20-21H,3-5,7-8,10-11,15H2,1-2H3,(H,27,29)(H,28,33)(H,30,32);1H/t20-,21-;/m1./s1. The van der Waals surface area contributed by atoms with Gasteiger partial charge in [-0.1, -0.05) is 19.3 Å². The maximum Gasteiger partial charge on any atom is 0.251 e. The number of nitrogens with one attached hydrogen (secondary N) is 3. The molecule has 2 fully saturated rings. The Morgan fingerprint density at radius 2 is 2.03 bits per heavy atom. The molecule has 35 heavy (non-hydrogen) atoms. The van der Waals surface area contributed by atoms with Crippen LogP contribution in [0, 0.1) is 12.8 Å². The number of rotatable bonds is 5. The smallest absolute Gasteiger partial charge is 0.251 e. The number of H-pyrrole nitrogens is 1. The Kier molecular flexibility index (Phi) is 7.82. The van der Waals surface area contributed by atoms with Crippen LogP contribution in [0.15, 0.2) is 39.9 Å². The van der Waals surface area contributed by atoms with Crippen molar-refractivity contribution in [2.45, 2.75) is 57.5 Å². The number of pyridine rings is 2. The number of aromatic amines is 1. The van der Waals surface area contributed by atoms with Crippen LogP contribution in [-0.4, -0.2) is 53.0 Å². The first-order valence-electron chi connectivity index (χ1n) is 12.3. The number of furan rings is 1. The maximum absolute atomic E-state index is 13.3. The fraction of sp³-hybridized carbons (Fsp3) is 0.500. The second kappa shape index (κ2) is 10.8. The van der Waals surface area contributed by atoms with Gasteiger partial charge < -0.3 is 24.9 Å². The Morgan fingerprint density at radius 1 is 1.23 bits per heavy atom. The van der Waals surface area contributed by atoms with Gasteiger partial charge in [0.2, 0.25) is 5.91 Å². The molecule has 0 unspecified atom stereocenters. The zero-order valence-corrected chi connectivity index (χ0v) is 21.1. The summed E-state index contributed by atoms with van der Waals surface area (Å²) in [7, 11) is 2.06. The third-order valence-electron chi connectivity index (χ3n) is 7.29. The van der Waals surface area contributed by atoms with E-state index in [1.807, 2.05) is 18.2 Å². The normalized spacial score (nSPS) is 21.4. The summed E-state index contributed by atoms with van der Waals surface area (Å²) in [6.07, 6.45) is 9.96. The highest BCUT2D eigenvalue weighted by atomic mass is 35.5. The van der Waals surface area contributed by atoms with E-state index in [0.717, 1.165) is 36.8 Å². The van der Waals surface area contributed by atoms with E-state index in [1.54, 1.807) is 19.4 Å². The maximum atomic E-state index is 13.3. The number of hydrogen-bond acceptors (Lipinski definition) is 6. The molecule has 0 spiro atoms. The number of piperidine rings is 1. The van der Waals surface area contributed by atoms with Crippen LogP contribution in [0.4, 0.5) is 5.82 Å². The molecule has 5 rings (SSSR count). The third kappa shape index (κ3) is 5.38. The Morgan fingerprint density at radius 3 is 2.77 bits per heavy atom. The summed E-state index contributed by atoms with van der Waals surface area (Å²) in [6, 6.07) is 5.79. The summed E-state index contributed by atoms with van der Waals surface area (Å²) in [4.78, 5) is 35.7. The molecule has 1 aliphatic carbocycles. The highest BCUT2D eigenvalue weighted by molar-refractivity contribution is 5.98. The fourth-order valence-electron chi connectivity index (χ4n) is 5.32. The molecule has 2 atom stereocenters. The molecule has 1 saturated carbocycles. The lowest BCUT2D eigenvalue weighted by Gasteiger charge is -2.37. The van der Waals surface area contributed by atoms with E-state index >= 15 is 0 Å². The van der Waals surface area contributed by atoms with Crippen molar-refractivity contribution in [2.24, 2.45) is 5.92 Å². The van der Waals surface area contributed by atoms with Gasteiger partial charge in [0.25, 0.3) is 5.56 Å². The number of likely N-dealkylation sites (tertiary alicyclic amines) is 1. The molecule has 3 aromatic rings. The first-order valence-corrected chi connectivity index (χ1v) is 12.3. The van der Waals surface area contributed by atoms with Crippen molar-refractivity contribution in [3.05, 3.63) is 46.6 Å². The van der Waals surface area contributed by atoms with Gasteiger partial charge in [0.15, 0.2) is 5.82 Å². The highest BCUT2D eigenvalue weighted by Gasteiger charge is 2.35. The zero-order chi connectivity index (χ0) is 23.7. The molecule has 1 saturated heterocycles. The van der Waals surface area contributed by atoms with Gasteiger partial charge in [-0.2, -0.15) is 0 Å². The lowest BCUT2D eigenvalue weighted by Crippen LogP contribution is -2.53. The molecule has 0 bridgehead atoms. The first-order chi connectivity index (χ1) is 16.5. The minimum absolute atomic E-state index is 0. The molecule has 3 aromatic heterocycles. The lowest BCUT2D eigenvalue weighted by molar-refractivity contribution is -0.127. The average Bonchev–Trinajstić information content (AvgIpc) is 3.37. The van der Waals surface area contributed by atoms with Crippen molar-refractivity contribution in [1.29, 1.82) is 0 Å². The summed E-state index contributed by atoms with van der Waals surface area (Å²) in [5.74, 6) is 1.20. The third-order valence-corrected chi connectivity index (χ3v) is 7.29. The molecule has 1 amide bonds. The van der Waals surface area contributed by atoms with Crippen molar-refractivity contribution in [1.82, 2.24) is 20.2 Å². The summed E-state index contributed by atoms with van der Waals surface area (Å²) < 4.78 is 5.61. The predicted octanol–water partition coefficient (Wildman–Crippen LogP) is 4.09. The largest absolute Gasteiger partial charge is 0.464 e. The van der Waals surface area contributed by atoms with E-state index in [9.17, 15) is 9.59 Å².